The third-order valence-corrected chi connectivity index (χ3v) is 5.86. The van der Waals surface area contributed by atoms with Crippen molar-refractivity contribution in [2.24, 2.45) is 5.92 Å². The van der Waals surface area contributed by atoms with Crippen LogP contribution in [0.5, 0.6) is 0 Å². The highest BCUT2D eigenvalue weighted by Gasteiger charge is 2.26. The van der Waals surface area contributed by atoms with Crippen molar-refractivity contribution in [3.8, 4) is 11.1 Å². The van der Waals surface area contributed by atoms with Gasteiger partial charge >= 0.3 is 0 Å². The molecule has 4 heteroatoms. The van der Waals surface area contributed by atoms with Gasteiger partial charge in [-0.2, -0.15) is 0 Å². The number of benzene rings is 1. The summed E-state index contributed by atoms with van der Waals surface area (Å²) in [7, 11) is 1.88. The van der Waals surface area contributed by atoms with E-state index in [1.54, 1.807) is 6.20 Å². The molecule has 1 fully saturated rings. The average molecular weight is 388 g/mol. The number of nitrogens with one attached hydrogen (secondary N) is 1. The van der Waals surface area contributed by atoms with Gasteiger partial charge in [-0.25, -0.2) is 0 Å². The standard InChI is InChI=1S/C25H29N3O/c1-4-5-6-19-10-9-18(14-27-19)20-13-21-23(11-16(20)2)28-15-22(25(21)26-3)24(29)12-17-7-8-17/h9-11,13-15,17H,4-8,12H2,1-3H3,(H,26,28). The molecule has 0 saturated heterocycles. The van der Waals surface area contributed by atoms with Crippen LogP contribution in [-0.2, 0) is 6.42 Å². The lowest BCUT2D eigenvalue weighted by Gasteiger charge is -2.14. The van der Waals surface area contributed by atoms with Gasteiger partial charge in [0.1, 0.15) is 0 Å². The number of aromatic nitrogens is 2. The Bertz CT molecular complexity index is 1040. The molecule has 150 valence electrons. The number of carbonyl (C=O) groups excluding carboxylic acids is 1. The molecule has 1 aliphatic carbocycles. The lowest BCUT2D eigenvalue weighted by Crippen LogP contribution is -2.06. The van der Waals surface area contributed by atoms with E-state index >= 15 is 0 Å². The highest BCUT2D eigenvalue weighted by atomic mass is 16.1. The van der Waals surface area contributed by atoms with Gasteiger partial charge in [0.25, 0.3) is 0 Å². The monoisotopic (exact) mass is 387 g/mol. The molecule has 0 unspecified atom stereocenters. The molecule has 2 aromatic heterocycles. The van der Waals surface area contributed by atoms with Gasteiger partial charge in [-0.3, -0.25) is 14.8 Å². The van der Waals surface area contributed by atoms with Gasteiger partial charge in [-0.15, -0.1) is 0 Å². The zero-order valence-electron chi connectivity index (χ0n) is 17.6. The summed E-state index contributed by atoms with van der Waals surface area (Å²) in [6.45, 7) is 4.30. The minimum absolute atomic E-state index is 0.190. The minimum atomic E-state index is 0.190. The molecule has 0 aliphatic heterocycles. The molecule has 1 aliphatic rings. The van der Waals surface area contributed by atoms with Crippen molar-refractivity contribution in [1.29, 1.82) is 0 Å². The zero-order valence-corrected chi connectivity index (χ0v) is 17.6. The predicted molar refractivity (Wildman–Crippen MR) is 120 cm³/mol. The second-order valence-corrected chi connectivity index (χ2v) is 8.19. The Labute approximate surface area is 172 Å². The van der Waals surface area contributed by atoms with Crippen LogP contribution in [0.2, 0.25) is 0 Å². The Morgan fingerprint density at radius 1 is 1.17 bits per heavy atom. The molecule has 0 spiro atoms. The molecule has 0 bridgehead atoms. The molecule has 29 heavy (non-hydrogen) atoms. The van der Waals surface area contributed by atoms with E-state index in [1.165, 1.54) is 19.3 Å². The molecule has 4 rings (SSSR count). The molecule has 1 aromatic carbocycles. The van der Waals surface area contributed by atoms with Crippen molar-refractivity contribution in [1.82, 2.24) is 9.97 Å². The van der Waals surface area contributed by atoms with Crippen LogP contribution in [0.4, 0.5) is 5.69 Å². The largest absolute Gasteiger partial charge is 0.387 e. The molecule has 3 aromatic rings. The number of Topliss-reactive ketones (excluding diaryl/α,β-unsaturated/α-hetero) is 1. The SMILES string of the molecule is CCCCc1ccc(-c2cc3c(NC)c(C(=O)CC4CC4)cnc3cc2C)cn1. The first kappa shape index (κ1) is 19.6. The van der Waals surface area contributed by atoms with E-state index in [2.05, 4.69) is 53.4 Å². The molecule has 0 radical (unpaired) electrons. The Kier molecular flexibility index (Phi) is 5.61. The second kappa shape index (κ2) is 8.32. The Morgan fingerprint density at radius 2 is 2.00 bits per heavy atom. The van der Waals surface area contributed by atoms with Crippen molar-refractivity contribution < 1.29 is 4.79 Å². The van der Waals surface area contributed by atoms with Crippen LogP contribution >= 0.6 is 0 Å². The fourth-order valence-corrected chi connectivity index (χ4v) is 3.92. The Balaban J connectivity index is 1.74. The van der Waals surface area contributed by atoms with Crippen molar-refractivity contribution in [2.45, 2.75) is 52.4 Å². The van der Waals surface area contributed by atoms with Gasteiger partial charge in [0.05, 0.1) is 16.8 Å². The van der Waals surface area contributed by atoms with Crippen molar-refractivity contribution in [2.75, 3.05) is 12.4 Å². The normalized spacial score (nSPS) is 13.6. The summed E-state index contributed by atoms with van der Waals surface area (Å²) in [6, 6.07) is 8.54. The lowest BCUT2D eigenvalue weighted by molar-refractivity contribution is 0.0976. The van der Waals surface area contributed by atoms with Gasteiger partial charge in [-0.1, -0.05) is 19.4 Å². The molecule has 1 saturated carbocycles. The number of carbonyl (C=O) groups is 1. The van der Waals surface area contributed by atoms with Crippen molar-refractivity contribution >= 4 is 22.4 Å². The van der Waals surface area contributed by atoms with Crippen LogP contribution in [0.25, 0.3) is 22.0 Å². The number of pyridine rings is 2. The fraction of sp³-hybridized carbons (Fsp3) is 0.400. The van der Waals surface area contributed by atoms with E-state index in [0.29, 0.717) is 17.9 Å². The summed E-state index contributed by atoms with van der Waals surface area (Å²) < 4.78 is 0. The number of hydrogen-bond acceptors (Lipinski definition) is 4. The van der Waals surface area contributed by atoms with Crippen LogP contribution in [0.3, 0.4) is 0 Å². The molecule has 0 amide bonds. The van der Waals surface area contributed by atoms with E-state index in [4.69, 9.17) is 0 Å². The highest BCUT2D eigenvalue weighted by molar-refractivity contribution is 6.09. The number of nitrogens with zero attached hydrogens (tertiary/aromatic N) is 2. The van der Waals surface area contributed by atoms with Crippen molar-refractivity contribution in [3.05, 3.63) is 53.5 Å². The van der Waals surface area contributed by atoms with Crippen LogP contribution in [-0.4, -0.2) is 22.8 Å². The number of unbranched alkanes of at least 4 members (excludes halogenated alkanes) is 1. The summed E-state index contributed by atoms with van der Waals surface area (Å²) in [5.74, 6) is 0.754. The summed E-state index contributed by atoms with van der Waals surface area (Å²) >= 11 is 0. The summed E-state index contributed by atoms with van der Waals surface area (Å²) in [5.41, 5.74) is 7.03. The maximum absolute atomic E-state index is 12.8. The third-order valence-electron chi connectivity index (χ3n) is 5.86. The molecule has 4 nitrogen and oxygen atoms in total. The summed E-state index contributed by atoms with van der Waals surface area (Å²) in [6.07, 6.45) is 10.0. The van der Waals surface area contributed by atoms with E-state index in [9.17, 15) is 4.79 Å². The maximum atomic E-state index is 12.8. The average Bonchev–Trinajstić information content (AvgIpc) is 3.55. The number of hydrogen-bond donors (Lipinski definition) is 1. The Morgan fingerprint density at radius 3 is 2.66 bits per heavy atom. The first-order valence-electron chi connectivity index (χ1n) is 10.7. The quantitative estimate of drug-likeness (QED) is 0.484. The minimum Gasteiger partial charge on any atom is -0.387 e. The number of fused-ring (bicyclic) bond motifs is 1. The first-order chi connectivity index (χ1) is 14.1. The first-order valence-corrected chi connectivity index (χ1v) is 10.7. The molecular weight excluding hydrogens is 358 g/mol. The van der Waals surface area contributed by atoms with Crippen molar-refractivity contribution in [3.63, 3.8) is 0 Å². The van der Waals surface area contributed by atoms with Gasteiger partial charge in [-0.05, 0) is 67.9 Å². The van der Waals surface area contributed by atoms with Crippen LogP contribution < -0.4 is 5.32 Å². The zero-order chi connectivity index (χ0) is 20.4. The highest BCUT2D eigenvalue weighted by Crippen LogP contribution is 2.37. The summed E-state index contributed by atoms with van der Waals surface area (Å²) in [5, 5.41) is 4.26. The molecular formula is C25H29N3O. The van der Waals surface area contributed by atoms with Gasteiger partial charge in [0, 0.05) is 42.5 Å². The Hall–Kier alpha value is -2.75. The van der Waals surface area contributed by atoms with Gasteiger partial charge < -0.3 is 5.32 Å². The van der Waals surface area contributed by atoms with E-state index in [-0.39, 0.29) is 5.78 Å². The summed E-state index contributed by atoms with van der Waals surface area (Å²) in [4.78, 5) is 22.0. The second-order valence-electron chi connectivity index (χ2n) is 8.19. The van der Waals surface area contributed by atoms with E-state index in [1.807, 2.05) is 13.2 Å². The molecule has 1 N–H and O–H groups in total. The number of anilines is 1. The fourth-order valence-electron chi connectivity index (χ4n) is 3.92. The van der Waals surface area contributed by atoms with Crippen LogP contribution in [0.1, 0.15) is 60.6 Å². The number of rotatable bonds is 8. The van der Waals surface area contributed by atoms with E-state index in [0.717, 1.165) is 51.8 Å². The smallest absolute Gasteiger partial charge is 0.166 e. The van der Waals surface area contributed by atoms with E-state index < -0.39 is 0 Å². The lowest BCUT2D eigenvalue weighted by atomic mass is 9.96. The molecule has 2 heterocycles. The molecule has 0 atom stereocenters. The van der Waals surface area contributed by atoms with Crippen LogP contribution in [0.15, 0.2) is 36.7 Å². The maximum Gasteiger partial charge on any atom is 0.166 e. The van der Waals surface area contributed by atoms with Gasteiger partial charge in [0.2, 0.25) is 0 Å². The third kappa shape index (κ3) is 4.16. The topological polar surface area (TPSA) is 54.9 Å². The van der Waals surface area contributed by atoms with Gasteiger partial charge in [0.15, 0.2) is 5.78 Å². The predicted octanol–water partition coefficient (Wildman–Crippen LogP) is 5.97. The number of aryl methyl sites for hydroxylation is 2. The van der Waals surface area contributed by atoms with Crippen LogP contribution in [0, 0.1) is 12.8 Å². The number of ketones is 1.